The lowest BCUT2D eigenvalue weighted by atomic mass is 10.3. The second-order valence-corrected chi connectivity index (χ2v) is 3.70. The van der Waals surface area contributed by atoms with Gasteiger partial charge in [-0.25, -0.2) is 4.79 Å². The average Bonchev–Trinajstić information content (AvgIpc) is 2.15. The molecular weight excluding hydrogens is 270 g/mol. The lowest BCUT2D eigenvalue weighted by molar-refractivity contribution is -0.152. The molecule has 1 unspecified atom stereocenters. The quantitative estimate of drug-likeness (QED) is 0.333. The third kappa shape index (κ3) is 12.1. The minimum atomic E-state index is -3.42. The van der Waals surface area contributed by atoms with Crippen LogP contribution >= 0.6 is 0 Å². The van der Waals surface area contributed by atoms with Crippen LogP contribution in [0.5, 0.6) is 0 Å². The molecule has 0 fully saturated rings. The largest absolute Gasteiger partial charge is 0.765 e. The van der Waals surface area contributed by atoms with Gasteiger partial charge in [0.05, 0.1) is 6.42 Å². The lowest BCUT2D eigenvalue weighted by Gasteiger charge is -2.07. The molecule has 0 aliphatic carbocycles. The van der Waals surface area contributed by atoms with Gasteiger partial charge < -0.3 is 30.3 Å². The molecule has 0 rings (SSSR count). The summed E-state index contributed by atoms with van der Waals surface area (Å²) in [5.74, 6) is -3.95. The second-order valence-electron chi connectivity index (χ2n) is 2.94. The molecule has 0 aliphatic heterocycles. The van der Waals surface area contributed by atoms with E-state index in [1.807, 2.05) is 0 Å². The summed E-state index contributed by atoms with van der Waals surface area (Å²) in [4.78, 5) is 37.9. The standard InChI is InChI=1S/C4H6O7Si.C3H7NO2/c5-3(6)1-2(4(7)8)11-12(9)10;1-2(4)3(5)6/h2,9H,1H2,(H,5,6)(H,7,8);2H,4H2,1H3,(H,5,6)/t;2-/m.0/s1. The van der Waals surface area contributed by atoms with Crippen molar-refractivity contribution in [2.45, 2.75) is 25.5 Å². The first-order valence-corrected chi connectivity index (χ1v) is 5.66. The highest BCUT2D eigenvalue weighted by molar-refractivity contribution is 6.24. The van der Waals surface area contributed by atoms with E-state index in [-0.39, 0.29) is 0 Å². The van der Waals surface area contributed by atoms with E-state index in [2.05, 4.69) is 4.43 Å². The predicted octanol–water partition coefficient (Wildman–Crippen LogP) is -2.24. The first-order valence-electron chi connectivity index (χ1n) is 4.40. The van der Waals surface area contributed by atoms with Crippen molar-refractivity contribution in [3.05, 3.63) is 0 Å². The maximum atomic E-state index is 10.1. The van der Waals surface area contributed by atoms with Gasteiger partial charge in [-0.1, -0.05) is 0 Å². The molecule has 0 amide bonds. The summed E-state index contributed by atoms with van der Waals surface area (Å²) in [6, 6.07) is -0.731. The number of hydrogen-bond acceptors (Lipinski definition) is 6. The molecule has 18 heavy (non-hydrogen) atoms. The smallest absolute Gasteiger partial charge is 0.511 e. The third-order valence-corrected chi connectivity index (χ3v) is 1.75. The molecule has 0 heterocycles. The van der Waals surface area contributed by atoms with Gasteiger partial charge in [0.1, 0.15) is 6.04 Å². The van der Waals surface area contributed by atoms with E-state index >= 15 is 0 Å². The van der Waals surface area contributed by atoms with Crippen LogP contribution in [0.25, 0.3) is 0 Å². The van der Waals surface area contributed by atoms with Crippen LogP contribution < -0.4 is 5.73 Å². The molecule has 0 saturated carbocycles. The monoisotopic (exact) mass is 283 g/mol. The Morgan fingerprint density at radius 2 is 1.61 bits per heavy atom. The first-order chi connectivity index (χ1) is 8.07. The van der Waals surface area contributed by atoms with Crippen LogP contribution in [0.2, 0.25) is 0 Å². The Bertz CT molecular complexity index is 313. The molecule has 2 atom stereocenters. The summed E-state index contributed by atoms with van der Waals surface area (Å²) >= 11 is 0. The Morgan fingerprint density at radius 3 is 1.78 bits per heavy atom. The molecule has 0 aromatic rings. The number of rotatable bonds is 6. The van der Waals surface area contributed by atoms with Crippen molar-refractivity contribution in [1.82, 2.24) is 0 Å². The van der Waals surface area contributed by atoms with Crippen LogP contribution in [0.4, 0.5) is 0 Å². The number of carboxylic acid groups (broad SMARTS) is 3. The van der Waals surface area contributed by atoms with E-state index in [0.717, 1.165) is 0 Å². The highest BCUT2D eigenvalue weighted by atomic mass is 28.3. The van der Waals surface area contributed by atoms with Crippen LogP contribution in [0, 0.1) is 0 Å². The first kappa shape index (κ1) is 18.4. The van der Waals surface area contributed by atoms with Gasteiger partial charge in [0, 0.05) is 0 Å². The minimum absolute atomic E-state index is 0.731. The lowest BCUT2D eigenvalue weighted by Crippen LogP contribution is -2.30. The van der Waals surface area contributed by atoms with Gasteiger partial charge in [0.2, 0.25) is 0 Å². The molecule has 10 nitrogen and oxygen atoms in total. The third-order valence-electron chi connectivity index (χ3n) is 1.27. The number of aliphatic carboxylic acids is 3. The summed E-state index contributed by atoms with van der Waals surface area (Å²) in [5, 5.41) is 24.2. The van der Waals surface area contributed by atoms with Crippen LogP contribution in [0.15, 0.2) is 0 Å². The second kappa shape index (κ2) is 9.06. The van der Waals surface area contributed by atoms with E-state index in [1.165, 1.54) is 6.92 Å². The molecule has 0 bridgehead atoms. The molecular formula is C7H13NO9Si. The Kier molecular flexibility index (Phi) is 9.24. The molecule has 6 N–H and O–H groups in total. The molecule has 0 aromatic carbocycles. The molecule has 0 spiro atoms. The molecule has 0 aliphatic rings. The summed E-state index contributed by atoms with van der Waals surface area (Å²) < 4.78 is 13.9. The van der Waals surface area contributed by atoms with E-state index in [0.29, 0.717) is 0 Å². The highest BCUT2D eigenvalue weighted by Crippen LogP contribution is 1.97. The fraction of sp³-hybridized carbons (Fsp3) is 0.571. The number of nitrogens with two attached hydrogens (primary N) is 1. The van der Waals surface area contributed by atoms with Crippen LogP contribution in [0.1, 0.15) is 13.3 Å². The van der Waals surface area contributed by atoms with Crippen molar-refractivity contribution in [1.29, 1.82) is 0 Å². The molecule has 0 aromatic heterocycles. The molecule has 0 saturated heterocycles. The van der Waals surface area contributed by atoms with E-state index in [4.69, 9.17) is 25.8 Å². The highest BCUT2D eigenvalue weighted by Gasteiger charge is 2.25. The Labute approximate surface area is 103 Å². The van der Waals surface area contributed by atoms with Crippen LogP contribution in [0.3, 0.4) is 0 Å². The van der Waals surface area contributed by atoms with Gasteiger partial charge in [0.25, 0.3) is 0 Å². The van der Waals surface area contributed by atoms with Gasteiger partial charge in [0.15, 0.2) is 6.10 Å². The van der Waals surface area contributed by atoms with Crippen molar-refractivity contribution in [3.63, 3.8) is 0 Å². The maximum absolute atomic E-state index is 10.1. The number of carboxylic acids is 3. The zero-order valence-electron chi connectivity index (χ0n) is 9.27. The summed E-state index contributed by atoms with van der Waals surface area (Å²) in [5.41, 5.74) is 4.84. The predicted molar refractivity (Wildman–Crippen MR) is 54.7 cm³/mol. The van der Waals surface area contributed by atoms with Crippen LogP contribution in [-0.2, 0) is 23.3 Å². The van der Waals surface area contributed by atoms with Crippen molar-refractivity contribution in [2.75, 3.05) is 0 Å². The van der Waals surface area contributed by atoms with E-state index < -0.39 is 45.6 Å². The van der Waals surface area contributed by atoms with Gasteiger partial charge >= 0.3 is 27.1 Å². The van der Waals surface area contributed by atoms with Crippen LogP contribution in [-0.4, -0.2) is 59.3 Å². The van der Waals surface area contributed by atoms with Gasteiger partial charge in [-0.3, -0.25) is 14.1 Å². The normalized spacial score (nSPS) is 12.3. The molecule has 104 valence electrons. The zero-order valence-corrected chi connectivity index (χ0v) is 10.3. The summed E-state index contributed by atoms with van der Waals surface area (Å²) in [6.45, 7) is 1.42. The van der Waals surface area contributed by atoms with Gasteiger partial charge in [-0.2, -0.15) is 0 Å². The number of hydrogen-bond donors (Lipinski definition) is 5. The van der Waals surface area contributed by atoms with Crippen molar-refractivity contribution < 1.29 is 43.4 Å². The Hall–Kier alpha value is -2.01. The SMILES string of the molecule is C[C@H](N)C(=O)O.O=C(O)CC(O[Si](=O)O)C(=O)O. The maximum Gasteiger partial charge on any atom is 0.765 e. The molecule has 0 radical (unpaired) electrons. The van der Waals surface area contributed by atoms with E-state index in [9.17, 15) is 18.8 Å². The minimum Gasteiger partial charge on any atom is -0.511 e. The van der Waals surface area contributed by atoms with Crippen molar-refractivity contribution in [3.8, 4) is 0 Å². The topological polar surface area (TPSA) is 184 Å². The van der Waals surface area contributed by atoms with E-state index in [1.54, 1.807) is 0 Å². The average molecular weight is 283 g/mol. The fourth-order valence-electron chi connectivity index (χ4n) is 0.460. The number of carbonyl (C=O) groups is 3. The molecule has 11 heteroatoms. The van der Waals surface area contributed by atoms with Crippen molar-refractivity contribution >= 4 is 27.1 Å². The summed E-state index contributed by atoms with van der Waals surface area (Å²) in [6.07, 6.45) is -2.61. The zero-order chi connectivity index (χ0) is 14.9. The fourth-order valence-corrected chi connectivity index (χ4v) is 0.887. The Balaban J connectivity index is 0. The Morgan fingerprint density at radius 1 is 1.22 bits per heavy atom. The van der Waals surface area contributed by atoms with Gasteiger partial charge in [-0.15, -0.1) is 0 Å². The summed E-state index contributed by atoms with van der Waals surface area (Å²) in [7, 11) is -3.42. The van der Waals surface area contributed by atoms with Crippen molar-refractivity contribution in [2.24, 2.45) is 5.73 Å². The van der Waals surface area contributed by atoms with Gasteiger partial charge in [-0.05, 0) is 6.92 Å².